The van der Waals surface area contributed by atoms with Gasteiger partial charge in [0.25, 0.3) is 0 Å². The van der Waals surface area contributed by atoms with Gasteiger partial charge in [-0.15, -0.1) is 11.3 Å². The highest BCUT2D eigenvalue weighted by Gasteiger charge is 2.31. The molecule has 0 spiro atoms. The van der Waals surface area contributed by atoms with Gasteiger partial charge in [-0.05, 0) is 36.8 Å². The standard InChI is InChI=1S/C34H42F4N4O4S/c1-23(43)22-41-11-8-24(9-12-41)40-28-6-3-5-25-26(21-34(36,37)38)32(47-33(25)28)7-4-10-39-29-19-27(35)30(42-13-15-45-16-14-42)20-31(29)46-18-17-44-2/h3,5-6,19-20,23-24,39-40,43H,8-18,21-22H2,1-2H3. The van der Waals surface area contributed by atoms with Crippen LogP contribution in [-0.2, 0) is 15.9 Å². The first-order chi connectivity index (χ1) is 22.6. The first-order valence-corrected chi connectivity index (χ1v) is 16.7. The van der Waals surface area contributed by atoms with Gasteiger partial charge in [-0.3, -0.25) is 0 Å². The Morgan fingerprint density at radius 3 is 2.57 bits per heavy atom. The summed E-state index contributed by atoms with van der Waals surface area (Å²) in [6.45, 7) is 6.86. The summed E-state index contributed by atoms with van der Waals surface area (Å²) < 4.78 is 73.6. The van der Waals surface area contributed by atoms with Crippen LogP contribution >= 0.6 is 11.3 Å². The molecule has 1 atom stereocenters. The van der Waals surface area contributed by atoms with Crippen LogP contribution in [0.4, 0.5) is 34.6 Å². The summed E-state index contributed by atoms with van der Waals surface area (Å²) in [7, 11) is 1.56. The van der Waals surface area contributed by atoms with Crippen LogP contribution in [-0.4, -0.2) is 101 Å². The molecule has 3 heterocycles. The summed E-state index contributed by atoms with van der Waals surface area (Å²) >= 11 is 1.25. The maximum Gasteiger partial charge on any atom is 0.393 e. The summed E-state index contributed by atoms with van der Waals surface area (Å²) in [5.41, 5.74) is 1.76. The topological polar surface area (TPSA) is 78.5 Å². The van der Waals surface area contributed by atoms with Crippen LogP contribution in [0, 0.1) is 17.7 Å². The molecule has 5 rings (SSSR count). The molecule has 0 radical (unpaired) electrons. The predicted molar refractivity (Wildman–Crippen MR) is 179 cm³/mol. The zero-order chi connectivity index (χ0) is 33.4. The normalized spacial score (nSPS) is 17.0. The minimum absolute atomic E-state index is 0.0623. The molecular formula is C34H42F4N4O4S. The van der Waals surface area contributed by atoms with E-state index >= 15 is 4.39 Å². The van der Waals surface area contributed by atoms with Crippen molar-refractivity contribution in [2.45, 2.75) is 44.5 Å². The number of methoxy groups -OCH3 is 1. The van der Waals surface area contributed by atoms with Gasteiger partial charge in [-0.1, -0.05) is 24.0 Å². The molecule has 2 aliphatic rings. The zero-order valence-electron chi connectivity index (χ0n) is 26.7. The van der Waals surface area contributed by atoms with E-state index in [2.05, 4.69) is 27.4 Å². The predicted octanol–water partition coefficient (Wildman–Crippen LogP) is 5.73. The number of piperidine rings is 1. The third-order valence-corrected chi connectivity index (χ3v) is 9.38. The number of benzene rings is 2. The molecule has 0 bridgehead atoms. The van der Waals surface area contributed by atoms with Crippen molar-refractivity contribution in [1.82, 2.24) is 4.90 Å². The Balaban J connectivity index is 1.35. The van der Waals surface area contributed by atoms with Crippen LogP contribution < -0.4 is 20.3 Å². The maximum absolute atomic E-state index is 15.2. The van der Waals surface area contributed by atoms with E-state index in [1.165, 1.54) is 17.4 Å². The van der Waals surface area contributed by atoms with Crippen LogP contribution in [0.5, 0.6) is 5.75 Å². The fourth-order valence-corrected chi connectivity index (χ4v) is 7.13. The molecule has 8 nitrogen and oxygen atoms in total. The van der Waals surface area contributed by atoms with Crippen LogP contribution in [0.2, 0.25) is 0 Å². The smallest absolute Gasteiger partial charge is 0.393 e. The van der Waals surface area contributed by atoms with E-state index < -0.39 is 18.4 Å². The van der Waals surface area contributed by atoms with Gasteiger partial charge in [-0.25, -0.2) is 4.39 Å². The number of thiophene rings is 1. The summed E-state index contributed by atoms with van der Waals surface area (Å²) in [6, 6.07) is 8.57. The quantitative estimate of drug-likeness (QED) is 0.128. The van der Waals surface area contributed by atoms with Gasteiger partial charge in [0.1, 0.15) is 18.2 Å². The van der Waals surface area contributed by atoms with Crippen LogP contribution in [0.25, 0.3) is 10.1 Å². The molecule has 3 N–H and O–H groups in total. The summed E-state index contributed by atoms with van der Waals surface area (Å²) in [5.74, 6) is 5.93. The molecule has 256 valence electrons. The Labute approximate surface area is 277 Å². The number of aliphatic hydroxyl groups is 1. The van der Waals surface area contributed by atoms with E-state index in [1.54, 1.807) is 32.2 Å². The Morgan fingerprint density at radius 2 is 1.87 bits per heavy atom. The number of hydrogen-bond donors (Lipinski definition) is 3. The van der Waals surface area contributed by atoms with Gasteiger partial charge in [-0.2, -0.15) is 13.2 Å². The van der Waals surface area contributed by atoms with Crippen LogP contribution in [0.3, 0.4) is 0 Å². The van der Waals surface area contributed by atoms with E-state index in [0.717, 1.165) is 36.3 Å². The highest BCUT2D eigenvalue weighted by Crippen LogP contribution is 2.40. The van der Waals surface area contributed by atoms with E-state index in [-0.39, 0.29) is 30.9 Å². The molecule has 2 fully saturated rings. The molecule has 0 amide bonds. The SMILES string of the molecule is COCCOc1cc(N2CCOCC2)c(F)cc1NCC#Cc1sc2c(NC3CCN(CC(C)O)CC3)cccc2c1CC(F)(F)F. The number of likely N-dealkylation sites (tertiary alicyclic amines) is 1. The lowest BCUT2D eigenvalue weighted by Gasteiger charge is -2.33. The number of nitrogens with one attached hydrogen (secondary N) is 2. The summed E-state index contributed by atoms with van der Waals surface area (Å²) in [4.78, 5) is 4.48. The number of fused-ring (bicyclic) bond motifs is 1. The number of β-amino-alcohol motifs (C(OH)–C–C–N with tert-alkyl or cyclic N) is 1. The summed E-state index contributed by atoms with van der Waals surface area (Å²) in [5, 5.41) is 16.9. The number of halogens is 4. The fourth-order valence-electron chi connectivity index (χ4n) is 5.96. The molecule has 2 saturated heterocycles. The highest BCUT2D eigenvalue weighted by atomic mass is 32.1. The number of morpholine rings is 1. The third kappa shape index (κ3) is 9.64. The minimum atomic E-state index is -4.41. The van der Waals surface area contributed by atoms with Gasteiger partial charge < -0.3 is 39.8 Å². The molecule has 3 aromatic rings. The summed E-state index contributed by atoms with van der Waals surface area (Å²) in [6.07, 6.45) is -4.14. The second kappa shape index (κ2) is 16.2. The lowest BCUT2D eigenvalue weighted by molar-refractivity contribution is -0.126. The molecule has 2 aromatic carbocycles. The van der Waals surface area contributed by atoms with Gasteiger partial charge in [0.2, 0.25) is 0 Å². The zero-order valence-corrected chi connectivity index (χ0v) is 27.5. The Hall–Kier alpha value is -3.28. The lowest BCUT2D eigenvalue weighted by atomic mass is 10.0. The van der Waals surface area contributed by atoms with Crippen molar-refractivity contribution in [3.8, 4) is 17.6 Å². The highest BCUT2D eigenvalue weighted by molar-refractivity contribution is 7.20. The molecule has 0 saturated carbocycles. The molecule has 1 aromatic heterocycles. The van der Waals surface area contributed by atoms with Gasteiger partial charge in [0.05, 0.1) is 65.5 Å². The molecule has 47 heavy (non-hydrogen) atoms. The third-order valence-electron chi connectivity index (χ3n) is 8.18. The van der Waals surface area contributed by atoms with Gasteiger partial charge >= 0.3 is 6.18 Å². The maximum atomic E-state index is 15.2. The average molecular weight is 679 g/mol. The number of hydrogen-bond acceptors (Lipinski definition) is 9. The monoisotopic (exact) mass is 678 g/mol. The number of aliphatic hydroxyl groups excluding tert-OH is 1. The van der Waals surface area contributed by atoms with Crippen molar-refractivity contribution in [3.63, 3.8) is 0 Å². The largest absolute Gasteiger partial charge is 0.489 e. The molecule has 13 heteroatoms. The average Bonchev–Trinajstić information content (AvgIpc) is 3.38. The minimum Gasteiger partial charge on any atom is -0.489 e. The van der Waals surface area contributed by atoms with Crippen molar-refractivity contribution in [1.29, 1.82) is 0 Å². The first kappa shape index (κ1) is 35.0. The second-order valence-electron chi connectivity index (χ2n) is 11.8. The van der Waals surface area contributed by atoms with E-state index in [4.69, 9.17) is 14.2 Å². The first-order valence-electron chi connectivity index (χ1n) is 15.9. The van der Waals surface area contributed by atoms with Crippen LogP contribution in [0.15, 0.2) is 30.3 Å². The number of nitrogens with zero attached hydrogens (tertiary/aromatic N) is 2. The Bertz CT molecular complexity index is 1540. The van der Waals surface area contributed by atoms with Gasteiger partial charge in [0.15, 0.2) is 0 Å². The van der Waals surface area contributed by atoms with E-state index in [9.17, 15) is 18.3 Å². The van der Waals surface area contributed by atoms with Crippen molar-refractivity contribution in [2.75, 3.05) is 88.3 Å². The number of rotatable bonds is 12. The fraction of sp³-hybridized carbons (Fsp3) is 0.529. The van der Waals surface area contributed by atoms with Gasteiger partial charge in [0, 0.05) is 58.0 Å². The Morgan fingerprint density at radius 1 is 1.11 bits per heavy atom. The van der Waals surface area contributed by atoms with Crippen LogP contribution in [0.1, 0.15) is 30.2 Å². The molecule has 1 unspecified atom stereocenters. The van der Waals surface area contributed by atoms with E-state index in [0.29, 0.717) is 66.8 Å². The Kier molecular flexibility index (Phi) is 12.1. The number of ether oxygens (including phenoxy) is 3. The van der Waals surface area contributed by atoms with Crippen molar-refractivity contribution < 1.29 is 36.9 Å². The molecular weight excluding hydrogens is 636 g/mol. The molecule has 0 aliphatic carbocycles. The number of anilines is 3. The van der Waals surface area contributed by atoms with E-state index in [1.807, 2.05) is 11.0 Å². The second-order valence-corrected chi connectivity index (χ2v) is 12.9. The van der Waals surface area contributed by atoms with Crippen molar-refractivity contribution >= 4 is 38.5 Å². The van der Waals surface area contributed by atoms with Crippen molar-refractivity contribution in [2.24, 2.45) is 0 Å². The van der Waals surface area contributed by atoms with Crippen molar-refractivity contribution in [3.05, 3.63) is 46.6 Å². The molecule has 2 aliphatic heterocycles. The number of alkyl halides is 3. The lowest BCUT2D eigenvalue weighted by Crippen LogP contribution is -2.41.